The molecular weight excluding hydrogens is 270 g/mol. The van der Waals surface area contributed by atoms with Gasteiger partial charge in [0, 0.05) is 11.6 Å². The Labute approximate surface area is 91.1 Å². The highest BCUT2D eigenvalue weighted by molar-refractivity contribution is 9.10. The first-order valence-corrected chi connectivity index (χ1v) is 5.23. The summed E-state index contributed by atoms with van der Waals surface area (Å²) in [5.74, 6) is -0.509. The molecule has 0 spiro atoms. The van der Waals surface area contributed by atoms with E-state index in [9.17, 15) is 4.79 Å². The third-order valence-corrected chi connectivity index (χ3v) is 2.69. The quantitative estimate of drug-likeness (QED) is 0.906. The van der Waals surface area contributed by atoms with Gasteiger partial charge in [-0.2, -0.15) is 5.10 Å². The van der Waals surface area contributed by atoms with Gasteiger partial charge in [0.1, 0.15) is 0 Å². The molecule has 0 bridgehead atoms. The van der Waals surface area contributed by atoms with E-state index in [-0.39, 0.29) is 5.01 Å². The van der Waals surface area contributed by atoms with Crippen LogP contribution in [0.5, 0.6) is 0 Å². The number of hydrogen-bond donors (Lipinski definition) is 1. The summed E-state index contributed by atoms with van der Waals surface area (Å²) in [7, 11) is 0. The van der Waals surface area contributed by atoms with Crippen molar-refractivity contribution in [1.82, 2.24) is 14.8 Å². The van der Waals surface area contributed by atoms with Crippen LogP contribution in [0.1, 0.15) is 9.80 Å². The number of rotatable bonds is 2. The van der Waals surface area contributed by atoms with Crippen LogP contribution in [0.2, 0.25) is 0 Å². The van der Waals surface area contributed by atoms with E-state index in [1.54, 1.807) is 17.8 Å². The summed E-state index contributed by atoms with van der Waals surface area (Å²) in [4.78, 5) is 14.5. The van der Waals surface area contributed by atoms with Crippen LogP contribution in [0.15, 0.2) is 22.2 Å². The Kier molecular flexibility index (Phi) is 2.34. The predicted octanol–water partition coefficient (Wildman–Crippen LogP) is 1.79. The molecule has 0 radical (unpaired) electrons. The average molecular weight is 274 g/mol. The molecule has 0 fully saturated rings. The zero-order valence-corrected chi connectivity index (χ0v) is 9.12. The molecule has 72 valence electrons. The third kappa shape index (κ3) is 1.68. The average Bonchev–Trinajstić information content (AvgIpc) is 2.70. The van der Waals surface area contributed by atoms with Gasteiger partial charge < -0.3 is 5.11 Å². The standard InChI is InChI=1S/C7H4BrN3O2S/c8-4-1-9-11(2-4)5-3-14-6(10-5)7(12)13/h1-3H,(H,12,13). The van der Waals surface area contributed by atoms with E-state index in [2.05, 4.69) is 26.0 Å². The molecule has 0 amide bonds. The number of carboxylic acid groups (broad SMARTS) is 1. The molecule has 1 N–H and O–H groups in total. The Morgan fingerprint density at radius 1 is 1.64 bits per heavy atom. The number of nitrogens with zero attached hydrogens (tertiary/aromatic N) is 3. The minimum absolute atomic E-state index is 0.0617. The van der Waals surface area contributed by atoms with Crippen LogP contribution in [0.3, 0.4) is 0 Å². The number of carbonyl (C=O) groups is 1. The second kappa shape index (κ2) is 3.50. The van der Waals surface area contributed by atoms with E-state index in [4.69, 9.17) is 5.11 Å². The van der Waals surface area contributed by atoms with Crippen molar-refractivity contribution in [3.63, 3.8) is 0 Å². The number of aromatic carboxylic acids is 1. The number of aromatic nitrogens is 3. The number of halogens is 1. The highest BCUT2D eigenvalue weighted by atomic mass is 79.9. The van der Waals surface area contributed by atoms with E-state index in [1.807, 2.05) is 0 Å². The fourth-order valence-electron chi connectivity index (χ4n) is 0.895. The zero-order chi connectivity index (χ0) is 10.1. The molecule has 0 saturated heterocycles. The van der Waals surface area contributed by atoms with Crippen molar-refractivity contribution >= 4 is 33.2 Å². The van der Waals surface area contributed by atoms with Crippen LogP contribution in [0.25, 0.3) is 5.82 Å². The molecule has 2 aromatic heterocycles. The van der Waals surface area contributed by atoms with Crippen molar-refractivity contribution in [2.45, 2.75) is 0 Å². The van der Waals surface area contributed by atoms with E-state index < -0.39 is 5.97 Å². The van der Waals surface area contributed by atoms with Gasteiger partial charge >= 0.3 is 5.97 Å². The molecule has 0 unspecified atom stereocenters. The molecule has 0 aliphatic rings. The van der Waals surface area contributed by atoms with E-state index in [1.165, 1.54) is 4.68 Å². The summed E-state index contributed by atoms with van der Waals surface area (Å²) < 4.78 is 2.33. The molecule has 2 aromatic rings. The topological polar surface area (TPSA) is 68.0 Å². The van der Waals surface area contributed by atoms with Gasteiger partial charge in [-0.15, -0.1) is 11.3 Å². The highest BCUT2D eigenvalue weighted by Gasteiger charge is 2.10. The van der Waals surface area contributed by atoms with Crippen molar-refractivity contribution in [1.29, 1.82) is 0 Å². The Hall–Kier alpha value is -1.21. The molecule has 2 heterocycles. The number of carboxylic acids is 1. The van der Waals surface area contributed by atoms with Crippen molar-refractivity contribution in [2.24, 2.45) is 0 Å². The molecule has 0 saturated carbocycles. The summed E-state index contributed by atoms with van der Waals surface area (Å²) in [6, 6.07) is 0. The van der Waals surface area contributed by atoms with Crippen molar-refractivity contribution < 1.29 is 9.90 Å². The van der Waals surface area contributed by atoms with E-state index in [0.29, 0.717) is 5.82 Å². The largest absolute Gasteiger partial charge is 0.476 e. The molecule has 2 rings (SSSR count). The van der Waals surface area contributed by atoms with Gasteiger partial charge in [0.15, 0.2) is 5.82 Å². The summed E-state index contributed by atoms with van der Waals surface area (Å²) in [6.07, 6.45) is 3.32. The Morgan fingerprint density at radius 3 is 2.93 bits per heavy atom. The molecule has 0 atom stereocenters. The first kappa shape index (κ1) is 9.35. The van der Waals surface area contributed by atoms with Crippen LogP contribution < -0.4 is 0 Å². The lowest BCUT2D eigenvalue weighted by Gasteiger charge is -1.91. The van der Waals surface area contributed by atoms with Crippen molar-refractivity contribution in [3.05, 3.63) is 27.3 Å². The first-order valence-electron chi connectivity index (χ1n) is 3.56. The molecule has 0 aromatic carbocycles. The molecule has 14 heavy (non-hydrogen) atoms. The van der Waals surface area contributed by atoms with Crippen LogP contribution >= 0.6 is 27.3 Å². The van der Waals surface area contributed by atoms with Gasteiger partial charge in [0.2, 0.25) is 5.01 Å². The van der Waals surface area contributed by atoms with E-state index in [0.717, 1.165) is 15.8 Å². The maximum atomic E-state index is 10.6. The van der Waals surface area contributed by atoms with E-state index >= 15 is 0 Å². The lowest BCUT2D eigenvalue weighted by Crippen LogP contribution is -1.98. The molecule has 0 aliphatic heterocycles. The summed E-state index contributed by atoms with van der Waals surface area (Å²) in [5, 5.41) is 14.3. The Bertz CT molecular complexity index is 479. The fourth-order valence-corrected chi connectivity index (χ4v) is 1.81. The van der Waals surface area contributed by atoms with Gasteiger partial charge in [-0.3, -0.25) is 0 Å². The van der Waals surface area contributed by atoms with Crippen molar-refractivity contribution in [2.75, 3.05) is 0 Å². The summed E-state index contributed by atoms with van der Waals surface area (Å²) in [5.41, 5.74) is 0. The molecule has 7 heteroatoms. The molecule has 0 aliphatic carbocycles. The van der Waals surface area contributed by atoms with Gasteiger partial charge in [-0.1, -0.05) is 0 Å². The SMILES string of the molecule is O=C(O)c1nc(-n2cc(Br)cn2)cs1. The molecule has 5 nitrogen and oxygen atoms in total. The zero-order valence-electron chi connectivity index (χ0n) is 6.72. The first-order chi connectivity index (χ1) is 6.66. The highest BCUT2D eigenvalue weighted by Crippen LogP contribution is 2.15. The number of hydrogen-bond acceptors (Lipinski definition) is 4. The van der Waals surface area contributed by atoms with Crippen LogP contribution in [0, 0.1) is 0 Å². The van der Waals surface area contributed by atoms with Crippen LogP contribution in [-0.2, 0) is 0 Å². The lowest BCUT2D eigenvalue weighted by atomic mass is 10.7. The summed E-state index contributed by atoms with van der Waals surface area (Å²) in [6.45, 7) is 0. The van der Waals surface area contributed by atoms with Gasteiger partial charge in [-0.05, 0) is 15.9 Å². The lowest BCUT2D eigenvalue weighted by molar-refractivity contribution is 0.0696. The van der Waals surface area contributed by atoms with Gasteiger partial charge in [0.05, 0.1) is 10.7 Å². The normalized spacial score (nSPS) is 10.4. The molecular formula is C7H4BrN3O2S. The Morgan fingerprint density at radius 2 is 2.43 bits per heavy atom. The fraction of sp³-hybridized carbons (Fsp3) is 0. The van der Waals surface area contributed by atoms with Gasteiger partial charge in [-0.25, -0.2) is 14.5 Å². The third-order valence-electron chi connectivity index (χ3n) is 1.46. The van der Waals surface area contributed by atoms with Crippen molar-refractivity contribution in [3.8, 4) is 5.82 Å². The minimum atomic E-state index is -1.02. The van der Waals surface area contributed by atoms with Crippen LogP contribution in [0.4, 0.5) is 0 Å². The smallest absolute Gasteiger partial charge is 0.365 e. The number of thiazole rings is 1. The Balaban J connectivity index is 2.38. The van der Waals surface area contributed by atoms with Crippen LogP contribution in [-0.4, -0.2) is 25.8 Å². The predicted molar refractivity (Wildman–Crippen MR) is 53.9 cm³/mol. The summed E-state index contributed by atoms with van der Waals surface area (Å²) >= 11 is 4.32. The second-order valence-electron chi connectivity index (χ2n) is 2.42. The second-order valence-corrected chi connectivity index (χ2v) is 4.19. The monoisotopic (exact) mass is 273 g/mol. The minimum Gasteiger partial charge on any atom is -0.476 e. The van der Waals surface area contributed by atoms with Gasteiger partial charge in [0.25, 0.3) is 0 Å². The maximum absolute atomic E-state index is 10.6. The maximum Gasteiger partial charge on any atom is 0.365 e.